The Hall–Kier alpha value is -0.610. The molecule has 0 N–H and O–H groups in total. The largest absolute Gasteiger partial charge is 0.295 e. The van der Waals surface area contributed by atoms with Gasteiger partial charge >= 0.3 is 0 Å². The number of rotatable bonds is 4. The highest BCUT2D eigenvalue weighted by Crippen LogP contribution is 2.03. The Balaban J connectivity index is 2.54. The van der Waals surface area contributed by atoms with Crippen molar-refractivity contribution in [1.82, 2.24) is 19.7 Å². The van der Waals surface area contributed by atoms with Crippen molar-refractivity contribution in [2.24, 2.45) is 7.05 Å². The molecule has 0 bridgehead atoms. The normalized spacial score (nSPS) is 13.6. The number of halogens is 1. The van der Waals surface area contributed by atoms with Crippen LogP contribution < -0.4 is 0 Å². The number of nitrogens with zero attached hydrogens (tertiary/aromatic N) is 4. The van der Waals surface area contributed by atoms with Crippen LogP contribution in [-0.2, 0) is 13.6 Å². The molecule has 0 aromatic carbocycles. The molecule has 1 heterocycles. The van der Waals surface area contributed by atoms with E-state index in [0.717, 1.165) is 12.4 Å². The number of aryl methyl sites for hydroxylation is 1. The SMILES string of the molecule is CC(CCl)N(C)Cc1ncnn1C. The molecule has 74 valence electrons. The first-order chi connectivity index (χ1) is 6.15. The Kier molecular flexibility index (Phi) is 3.69. The summed E-state index contributed by atoms with van der Waals surface area (Å²) in [5, 5.41) is 4.00. The molecular weight excluding hydrogens is 188 g/mol. The van der Waals surface area contributed by atoms with Crippen LogP contribution in [-0.4, -0.2) is 38.6 Å². The molecule has 4 nitrogen and oxygen atoms in total. The van der Waals surface area contributed by atoms with Gasteiger partial charge in [-0.2, -0.15) is 5.10 Å². The van der Waals surface area contributed by atoms with Gasteiger partial charge in [0.05, 0.1) is 6.54 Å². The summed E-state index contributed by atoms with van der Waals surface area (Å²) in [5.74, 6) is 1.59. The molecule has 0 saturated carbocycles. The minimum atomic E-state index is 0.360. The van der Waals surface area contributed by atoms with Gasteiger partial charge in [-0.15, -0.1) is 11.6 Å². The van der Waals surface area contributed by atoms with Crippen molar-refractivity contribution in [3.05, 3.63) is 12.2 Å². The summed E-state index contributed by atoms with van der Waals surface area (Å²) < 4.78 is 1.78. The minimum absolute atomic E-state index is 0.360. The van der Waals surface area contributed by atoms with Crippen LogP contribution in [0.5, 0.6) is 0 Å². The molecule has 0 aliphatic carbocycles. The lowest BCUT2D eigenvalue weighted by Gasteiger charge is -2.21. The molecule has 1 rings (SSSR count). The van der Waals surface area contributed by atoms with Crippen LogP contribution in [0.4, 0.5) is 0 Å². The first-order valence-electron chi connectivity index (χ1n) is 4.24. The fraction of sp³-hybridized carbons (Fsp3) is 0.750. The average Bonchev–Trinajstić information content (AvgIpc) is 2.50. The van der Waals surface area contributed by atoms with Crippen LogP contribution >= 0.6 is 11.6 Å². The molecule has 1 aromatic rings. The van der Waals surface area contributed by atoms with Gasteiger partial charge in [-0.3, -0.25) is 9.58 Å². The summed E-state index contributed by atoms with van der Waals surface area (Å²) >= 11 is 5.74. The predicted octanol–water partition coefficient (Wildman–Crippen LogP) is 0.874. The Morgan fingerprint density at radius 2 is 2.38 bits per heavy atom. The molecule has 13 heavy (non-hydrogen) atoms. The second kappa shape index (κ2) is 4.58. The Labute approximate surface area is 83.5 Å². The van der Waals surface area contributed by atoms with Crippen molar-refractivity contribution in [2.75, 3.05) is 12.9 Å². The van der Waals surface area contributed by atoms with Gasteiger partial charge in [0.2, 0.25) is 0 Å². The van der Waals surface area contributed by atoms with Crippen molar-refractivity contribution in [3.8, 4) is 0 Å². The van der Waals surface area contributed by atoms with Crippen LogP contribution in [0.15, 0.2) is 6.33 Å². The highest BCUT2D eigenvalue weighted by atomic mass is 35.5. The number of aromatic nitrogens is 3. The van der Waals surface area contributed by atoms with Gasteiger partial charge < -0.3 is 0 Å². The lowest BCUT2D eigenvalue weighted by Crippen LogP contribution is -2.30. The van der Waals surface area contributed by atoms with E-state index in [9.17, 15) is 0 Å². The second-order valence-electron chi connectivity index (χ2n) is 3.22. The highest BCUT2D eigenvalue weighted by Gasteiger charge is 2.10. The van der Waals surface area contributed by atoms with Gasteiger partial charge in [0.1, 0.15) is 12.2 Å². The monoisotopic (exact) mass is 202 g/mol. The Morgan fingerprint density at radius 1 is 1.69 bits per heavy atom. The van der Waals surface area contributed by atoms with Crippen LogP contribution in [0.25, 0.3) is 0 Å². The fourth-order valence-electron chi connectivity index (χ4n) is 0.960. The second-order valence-corrected chi connectivity index (χ2v) is 3.53. The quantitative estimate of drug-likeness (QED) is 0.680. The standard InChI is InChI=1S/C8H15ClN4/c1-7(4-9)12(2)5-8-10-6-11-13(8)3/h6-7H,4-5H2,1-3H3. The summed E-state index contributed by atoms with van der Waals surface area (Å²) in [4.78, 5) is 6.29. The molecule has 1 aromatic heterocycles. The molecule has 5 heteroatoms. The summed E-state index contributed by atoms with van der Waals surface area (Å²) in [6.07, 6.45) is 1.56. The van der Waals surface area contributed by atoms with E-state index in [4.69, 9.17) is 11.6 Å². The molecule has 0 aliphatic heterocycles. The van der Waals surface area contributed by atoms with Gasteiger partial charge in [-0.05, 0) is 14.0 Å². The van der Waals surface area contributed by atoms with E-state index < -0.39 is 0 Å². The summed E-state index contributed by atoms with van der Waals surface area (Å²) in [5.41, 5.74) is 0. The number of hydrogen-bond acceptors (Lipinski definition) is 3. The van der Waals surface area contributed by atoms with E-state index in [1.165, 1.54) is 0 Å². The molecule has 0 aliphatic rings. The van der Waals surface area contributed by atoms with Gasteiger partial charge in [0.25, 0.3) is 0 Å². The summed E-state index contributed by atoms with van der Waals surface area (Å²) in [6, 6.07) is 0.360. The van der Waals surface area contributed by atoms with E-state index in [1.54, 1.807) is 11.0 Å². The van der Waals surface area contributed by atoms with Crippen LogP contribution in [0, 0.1) is 0 Å². The third kappa shape index (κ3) is 2.67. The zero-order chi connectivity index (χ0) is 9.84. The maximum atomic E-state index is 5.74. The topological polar surface area (TPSA) is 34.0 Å². The van der Waals surface area contributed by atoms with Gasteiger partial charge in [-0.25, -0.2) is 4.98 Å². The van der Waals surface area contributed by atoms with E-state index in [2.05, 4.69) is 21.9 Å². The maximum absolute atomic E-state index is 5.74. The van der Waals surface area contributed by atoms with Gasteiger partial charge in [-0.1, -0.05) is 0 Å². The van der Waals surface area contributed by atoms with Crippen LogP contribution in [0.1, 0.15) is 12.7 Å². The van der Waals surface area contributed by atoms with E-state index >= 15 is 0 Å². The maximum Gasteiger partial charge on any atom is 0.140 e. The lowest BCUT2D eigenvalue weighted by molar-refractivity contribution is 0.258. The molecular formula is C8H15ClN4. The number of hydrogen-bond donors (Lipinski definition) is 0. The van der Waals surface area contributed by atoms with Crippen molar-refractivity contribution < 1.29 is 0 Å². The predicted molar refractivity (Wildman–Crippen MR) is 52.7 cm³/mol. The smallest absolute Gasteiger partial charge is 0.140 e. The van der Waals surface area contributed by atoms with Gasteiger partial charge in [0.15, 0.2) is 0 Å². The van der Waals surface area contributed by atoms with E-state index in [0.29, 0.717) is 11.9 Å². The third-order valence-corrected chi connectivity index (χ3v) is 2.62. The van der Waals surface area contributed by atoms with Gasteiger partial charge in [0, 0.05) is 19.0 Å². The zero-order valence-corrected chi connectivity index (χ0v) is 8.99. The van der Waals surface area contributed by atoms with Crippen molar-refractivity contribution >= 4 is 11.6 Å². The van der Waals surface area contributed by atoms with Crippen molar-refractivity contribution in [3.63, 3.8) is 0 Å². The minimum Gasteiger partial charge on any atom is -0.295 e. The average molecular weight is 203 g/mol. The van der Waals surface area contributed by atoms with Crippen molar-refractivity contribution in [2.45, 2.75) is 19.5 Å². The molecule has 1 atom stereocenters. The molecule has 0 spiro atoms. The molecule has 0 fully saturated rings. The number of alkyl halides is 1. The summed E-state index contributed by atoms with van der Waals surface area (Å²) in [7, 11) is 3.92. The first-order valence-corrected chi connectivity index (χ1v) is 4.77. The van der Waals surface area contributed by atoms with Crippen molar-refractivity contribution in [1.29, 1.82) is 0 Å². The van der Waals surface area contributed by atoms with E-state index in [-0.39, 0.29) is 0 Å². The molecule has 0 radical (unpaired) electrons. The van der Waals surface area contributed by atoms with Crippen LogP contribution in [0.3, 0.4) is 0 Å². The highest BCUT2D eigenvalue weighted by molar-refractivity contribution is 6.18. The fourth-order valence-corrected chi connectivity index (χ4v) is 1.20. The van der Waals surface area contributed by atoms with E-state index in [1.807, 2.05) is 14.1 Å². The summed E-state index contributed by atoms with van der Waals surface area (Å²) in [6.45, 7) is 2.87. The molecule has 0 amide bonds. The Morgan fingerprint density at radius 3 is 2.85 bits per heavy atom. The van der Waals surface area contributed by atoms with Crippen LogP contribution in [0.2, 0.25) is 0 Å². The Bertz CT molecular complexity index is 260. The third-order valence-electron chi connectivity index (χ3n) is 2.17. The molecule has 0 saturated heterocycles. The zero-order valence-electron chi connectivity index (χ0n) is 8.24. The molecule has 1 unspecified atom stereocenters. The first kappa shape index (κ1) is 10.5. The lowest BCUT2D eigenvalue weighted by atomic mass is 10.3.